The highest BCUT2D eigenvalue weighted by molar-refractivity contribution is 5.77. The van der Waals surface area contributed by atoms with E-state index >= 15 is 0 Å². The molecule has 1 fully saturated rings. The monoisotopic (exact) mass is 203 g/mol. The zero-order chi connectivity index (χ0) is 10.5. The van der Waals surface area contributed by atoms with Gasteiger partial charge < -0.3 is 10.3 Å². The smallest absolute Gasteiger partial charge is 0.220 e. The molecular formula is C11H13N3O. The van der Waals surface area contributed by atoms with Crippen LogP contribution in [-0.2, 0) is 4.79 Å². The average Bonchev–Trinajstić information content (AvgIpc) is 2.88. The third kappa shape index (κ3) is 2.56. The number of fused-ring (bicyclic) bond motifs is 1. The molecule has 0 bridgehead atoms. The van der Waals surface area contributed by atoms with E-state index in [2.05, 4.69) is 15.3 Å². The van der Waals surface area contributed by atoms with Gasteiger partial charge in [-0.2, -0.15) is 0 Å². The van der Waals surface area contributed by atoms with Gasteiger partial charge in [-0.1, -0.05) is 12.1 Å². The largest absolute Gasteiger partial charge is 0.356 e. The Morgan fingerprint density at radius 3 is 2.73 bits per heavy atom. The van der Waals surface area contributed by atoms with Gasteiger partial charge in [-0.05, 0) is 18.6 Å². The summed E-state index contributed by atoms with van der Waals surface area (Å²) >= 11 is 0. The van der Waals surface area contributed by atoms with Gasteiger partial charge >= 0.3 is 0 Å². The van der Waals surface area contributed by atoms with Crippen molar-refractivity contribution in [3.05, 3.63) is 30.6 Å². The van der Waals surface area contributed by atoms with Gasteiger partial charge in [-0.25, -0.2) is 4.98 Å². The van der Waals surface area contributed by atoms with Crippen LogP contribution < -0.4 is 5.32 Å². The molecule has 0 aliphatic carbocycles. The van der Waals surface area contributed by atoms with Crippen molar-refractivity contribution in [2.75, 3.05) is 6.54 Å². The van der Waals surface area contributed by atoms with Crippen LogP contribution in [0.1, 0.15) is 12.8 Å². The Kier molecular flexibility index (Phi) is 2.97. The summed E-state index contributed by atoms with van der Waals surface area (Å²) in [5.41, 5.74) is 2.12. The molecule has 1 aliphatic rings. The minimum absolute atomic E-state index is 0.204. The Hall–Kier alpha value is -1.84. The maximum Gasteiger partial charge on any atom is 0.220 e. The summed E-state index contributed by atoms with van der Waals surface area (Å²) < 4.78 is 0. The molecule has 2 heterocycles. The number of nitrogens with one attached hydrogen (secondary N) is 2. The number of amides is 1. The molecule has 1 aromatic heterocycles. The number of imidazole rings is 1. The van der Waals surface area contributed by atoms with E-state index in [-0.39, 0.29) is 5.91 Å². The highest BCUT2D eigenvalue weighted by Crippen LogP contribution is 2.05. The van der Waals surface area contributed by atoms with Crippen molar-refractivity contribution in [1.82, 2.24) is 15.3 Å². The van der Waals surface area contributed by atoms with E-state index in [4.69, 9.17) is 0 Å². The minimum Gasteiger partial charge on any atom is -0.356 e. The van der Waals surface area contributed by atoms with Gasteiger partial charge in [0.2, 0.25) is 5.91 Å². The van der Waals surface area contributed by atoms with E-state index in [0.29, 0.717) is 0 Å². The molecule has 0 atom stereocenters. The summed E-state index contributed by atoms with van der Waals surface area (Å²) in [6.45, 7) is 0.888. The lowest BCUT2D eigenvalue weighted by Gasteiger charge is -1.81. The van der Waals surface area contributed by atoms with E-state index in [9.17, 15) is 4.79 Å². The van der Waals surface area contributed by atoms with Gasteiger partial charge in [-0.3, -0.25) is 4.79 Å². The number of benzene rings is 1. The second kappa shape index (κ2) is 4.59. The summed E-state index contributed by atoms with van der Waals surface area (Å²) in [4.78, 5) is 17.2. The fourth-order valence-electron chi connectivity index (χ4n) is 1.44. The fraction of sp³-hybridized carbons (Fsp3) is 0.273. The number of rotatable bonds is 0. The highest BCUT2D eigenvalue weighted by atomic mass is 16.1. The number of aromatic amines is 1. The molecule has 4 nitrogen and oxygen atoms in total. The molecule has 1 aromatic carbocycles. The summed E-state index contributed by atoms with van der Waals surface area (Å²) in [5, 5.41) is 2.68. The first-order chi connectivity index (χ1) is 7.36. The van der Waals surface area contributed by atoms with Gasteiger partial charge in [-0.15, -0.1) is 0 Å². The van der Waals surface area contributed by atoms with Crippen LogP contribution in [0.25, 0.3) is 11.0 Å². The van der Waals surface area contributed by atoms with Crippen LogP contribution in [0, 0.1) is 0 Å². The predicted molar refractivity (Wildman–Crippen MR) is 58.3 cm³/mol. The Balaban J connectivity index is 0.000000124. The number of hydrogen-bond donors (Lipinski definition) is 2. The summed E-state index contributed by atoms with van der Waals surface area (Å²) in [5.74, 6) is 0.204. The minimum atomic E-state index is 0.204. The Labute approximate surface area is 87.7 Å². The zero-order valence-corrected chi connectivity index (χ0v) is 8.36. The van der Waals surface area contributed by atoms with Crippen LogP contribution in [0.3, 0.4) is 0 Å². The normalized spacial score (nSPS) is 14.5. The first-order valence-electron chi connectivity index (χ1n) is 5.01. The fourth-order valence-corrected chi connectivity index (χ4v) is 1.44. The van der Waals surface area contributed by atoms with Crippen LogP contribution in [-0.4, -0.2) is 22.4 Å². The second-order valence-electron chi connectivity index (χ2n) is 3.37. The molecule has 3 rings (SSSR count). The number of aromatic nitrogens is 2. The summed E-state index contributed by atoms with van der Waals surface area (Å²) in [7, 11) is 0. The van der Waals surface area contributed by atoms with Crippen molar-refractivity contribution < 1.29 is 4.79 Å². The molecule has 0 radical (unpaired) electrons. The number of carbonyl (C=O) groups excluding carboxylic acids is 1. The molecule has 2 aromatic rings. The molecule has 1 saturated heterocycles. The van der Waals surface area contributed by atoms with Crippen molar-refractivity contribution in [3.8, 4) is 0 Å². The standard InChI is InChI=1S/C7H6N2.C4H7NO/c1-2-4-7-6(3-1)8-5-9-7;6-4-2-1-3-5-4/h1-5H,(H,8,9);1-3H2,(H,5,6). The first-order valence-corrected chi connectivity index (χ1v) is 5.01. The van der Waals surface area contributed by atoms with Crippen LogP contribution in [0.5, 0.6) is 0 Å². The molecule has 15 heavy (non-hydrogen) atoms. The highest BCUT2D eigenvalue weighted by Gasteiger charge is 2.05. The van der Waals surface area contributed by atoms with Crippen LogP contribution in [0.4, 0.5) is 0 Å². The lowest BCUT2D eigenvalue weighted by Crippen LogP contribution is -2.12. The quantitative estimate of drug-likeness (QED) is 0.681. The lowest BCUT2D eigenvalue weighted by atomic mass is 10.3. The third-order valence-electron chi connectivity index (χ3n) is 2.23. The van der Waals surface area contributed by atoms with Crippen molar-refractivity contribution in [3.63, 3.8) is 0 Å². The van der Waals surface area contributed by atoms with Crippen molar-refractivity contribution in [2.45, 2.75) is 12.8 Å². The van der Waals surface area contributed by atoms with Gasteiger partial charge in [0.05, 0.1) is 17.4 Å². The molecule has 1 aliphatic heterocycles. The summed E-state index contributed by atoms with van der Waals surface area (Å²) in [6, 6.07) is 7.94. The maximum absolute atomic E-state index is 10.1. The van der Waals surface area contributed by atoms with Gasteiger partial charge in [0.15, 0.2) is 0 Å². The van der Waals surface area contributed by atoms with Gasteiger partial charge in [0, 0.05) is 13.0 Å². The second-order valence-corrected chi connectivity index (χ2v) is 3.37. The molecule has 1 amide bonds. The SMILES string of the molecule is O=C1CCCN1.c1ccc2[nH]cnc2c1. The predicted octanol–water partition coefficient (Wildman–Crippen LogP) is 1.46. The Morgan fingerprint density at radius 2 is 2.13 bits per heavy atom. The Morgan fingerprint density at radius 1 is 1.27 bits per heavy atom. The number of nitrogens with zero attached hydrogens (tertiary/aromatic N) is 1. The molecule has 2 N–H and O–H groups in total. The van der Waals surface area contributed by atoms with Crippen LogP contribution in [0.15, 0.2) is 30.6 Å². The van der Waals surface area contributed by atoms with E-state index in [1.165, 1.54) is 0 Å². The van der Waals surface area contributed by atoms with E-state index < -0.39 is 0 Å². The van der Waals surface area contributed by atoms with Crippen molar-refractivity contribution in [1.29, 1.82) is 0 Å². The average molecular weight is 203 g/mol. The number of carbonyl (C=O) groups is 1. The molecule has 78 valence electrons. The first kappa shape index (κ1) is 9.71. The van der Waals surface area contributed by atoms with Crippen LogP contribution in [0.2, 0.25) is 0 Å². The molecular weight excluding hydrogens is 190 g/mol. The molecule has 0 spiro atoms. The molecule has 4 heteroatoms. The number of H-pyrrole nitrogens is 1. The lowest BCUT2D eigenvalue weighted by molar-refractivity contribution is -0.119. The number of para-hydroxylation sites is 2. The topological polar surface area (TPSA) is 57.8 Å². The van der Waals surface area contributed by atoms with Gasteiger partial charge in [0.1, 0.15) is 0 Å². The summed E-state index contributed by atoms with van der Waals surface area (Å²) in [6.07, 6.45) is 3.46. The van der Waals surface area contributed by atoms with Gasteiger partial charge in [0.25, 0.3) is 0 Å². The van der Waals surface area contributed by atoms with Crippen LogP contribution >= 0.6 is 0 Å². The number of hydrogen-bond acceptors (Lipinski definition) is 2. The molecule has 0 unspecified atom stereocenters. The maximum atomic E-state index is 10.1. The van der Waals surface area contributed by atoms with Crippen molar-refractivity contribution >= 4 is 16.9 Å². The molecule has 0 saturated carbocycles. The zero-order valence-electron chi connectivity index (χ0n) is 8.36. The Bertz CT molecular complexity index is 412. The van der Waals surface area contributed by atoms with E-state index in [1.807, 2.05) is 24.3 Å². The van der Waals surface area contributed by atoms with E-state index in [1.54, 1.807) is 6.33 Å². The van der Waals surface area contributed by atoms with E-state index in [0.717, 1.165) is 30.4 Å². The van der Waals surface area contributed by atoms with Crippen molar-refractivity contribution in [2.24, 2.45) is 0 Å². The third-order valence-corrected chi connectivity index (χ3v) is 2.23.